The minimum absolute atomic E-state index is 0.522. The van der Waals surface area contributed by atoms with E-state index in [1.165, 1.54) is 11.3 Å². The molecular weight excluding hydrogens is 415 g/mol. The molecule has 0 spiro atoms. The van der Waals surface area contributed by atoms with Crippen molar-refractivity contribution in [2.75, 3.05) is 20.3 Å². The van der Waals surface area contributed by atoms with Gasteiger partial charge in [-0.2, -0.15) is 10.4 Å². The maximum atomic E-state index is 8.92. The minimum Gasteiger partial charge on any atom is -0.383 e. The Bertz CT molecular complexity index is 1090. The fourth-order valence-electron chi connectivity index (χ4n) is 2.40. The molecule has 3 rings (SSSR count). The van der Waals surface area contributed by atoms with Crippen LogP contribution in [0.5, 0.6) is 0 Å². The fraction of sp³-hybridized carbons (Fsp3) is 0.150. The van der Waals surface area contributed by atoms with Gasteiger partial charge in [0, 0.05) is 23.1 Å². The molecule has 1 heterocycles. The van der Waals surface area contributed by atoms with Gasteiger partial charge in [0.1, 0.15) is 0 Å². The van der Waals surface area contributed by atoms with Gasteiger partial charge in [0.05, 0.1) is 41.7 Å². The second-order valence-corrected chi connectivity index (χ2v) is 7.37. The summed E-state index contributed by atoms with van der Waals surface area (Å²) in [7, 11) is 1.64. The van der Waals surface area contributed by atoms with E-state index in [9.17, 15) is 0 Å². The summed E-state index contributed by atoms with van der Waals surface area (Å²) >= 11 is 13.9. The fourth-order valence-corrected chi connectivity index (χ4v) is 3.76. The molecule has 0 aliphatic carbocycles. The summed E-state index contributed by atoms with van der Waals surface area (Å²) in [4.78, 5) is 5.28. The lowest BCUT2D eigenvalue weighted by Gasteiger charge is -2.06. The quantitative estimate of drug-likeness (QED) is 0.415. The molecule has 0 aliphatic heterocycles. The number of ether oxygens (including phenoxy) is 1. The van der Waals surface area contributed by atoms with E-state index in [1.54, 1.807) is 42.3 Å². The molecule has 0 bridgehead atoms. The zero-order chi connectivity index (χ0) is 19.9. The van der Waals surface area contributed by atoms with E-state index < -0.39 is 0 Å². The first-order valence-corrected chi connectivity index (χ1v) is 9.96. The Morgan fingerprint density at radius 3 is 2.68 bits per heavy atom. The van der Waals surface area contributed by atoms with Crippen molar-refractivity contribution in [2.45, 2.75) is 0 Å². The molecule has 0 atom stereocenters. The third-order valence-electron chi connectivity index (χ3n) is 3.80. The third-order valence-corrected chi connectivity index (χ3v) is 5.20. The first-order valence-electron chi connectivity index (χ1n) is 8.32. The monoisotopic (exact) mass is 430 g/mol. The molecule has 0 unspecified atom stereocenters. The number of nitriles is 1. The van der Waals surface area contributed by atoms with E-state index in [0.717, 1.165) is 21.6 Å². The predicted octanol–water partition coefficient (Wildman–Crippen LogP) is 4.82. The largest absolute Gasteiger partial charge is 0.383 e. The second-order valence-electron chi connectivity index (χ2n) is 5.69. The summed E-state index contributed by atoms with van der Waals surface area (Å²) in [5.74, 6) is 0. The molecule has 0 amide bonds. The molecule has 5 nitrogen and oxygen atoms in total. The normalized spacial score (nSPS) is 11.9. The number of rotatable bonds is 6. The van der Waals surface area contributed by atoms with E-state index in [1.807, 2.05) is 23.6 Å². The first kappa shape index (κ1) is 20.3. The molecule has 142 valence electrons. The highest BCUT2D eigenvalue weighted by Crippen LogP contribution is 2.30. The SMILES string of the molecule is COCCN=c1scc(-c2ccc(Cl)cc2Cl)n1/N=C/c1ccc(C#N)cc1. The van der Waals surface area contributed by atoms with E-state index in [2.05, 4.69) is 16.2 Å². The Morgan fingerprint density at radius 1 is 1.21 bits per heavy atom. The number of aromatic nitrogens is 1. The van der Waals surface area contributed by atoms with Gasteiger partial charge in [-0.25, -0.2) is 4.68 Å². The summed E-state index contributed by atoms with van der Waals surface area (Å²) in [5, 5.41) is 16.6. The Balaban J connectivity index is 2.04. The van der Waals surface area contributed by atoms with Crippen LogP contribution in [0.4, 0.5) is 0 Å². The van der Waals surface area contributed by atoms with Crippen LogP contribution in [0.2, 0.25) is 10.0 Å². The smallest absolute Gasteiger partial charge is 0.206 e. The van der Waals surface area contributed by atoms with Crippen LogP contribution in [-0.2, 0) is 4.74 Å². The molecule has 0 saturated heterocycles. The molecule has 0 N–H and O–H groups in total. The van der Waals surface area contributed by atoms with Crippen molar-refractivity contribution < 1.29 is 4.74 Å². The highest BCUT2D eigenvalue weighted by atomic mass is 35.5. The lowest BCUT2D eigenvalue weighted by Crippen LogP contribution is -2.13. The number of methoxy groups -OCH3 is 1. The Hall–Kier alpha value is -2.43. The molecule has 0 aliphatic rings. The van der Waals surface area contributed by atoms with Gasteiger partial charge in [-0.1, -0.05) is 35.3 Å². The Kier molecular flexibility index (Phi) is 7.01. The average Bonchev–Trinajstić information content (AvgIpc) is 3.09. The van der Waals surface area contributed by atoms with Crippen LogP contribution in [0.3, 0.4) is 0 Å². The van der Waals surface area contributed by atoms with Gasteiger partial charge in [0.25, 0.3) is 0 Å². The Morgan fingerprint density at radius 2 is 2.00 bits per heavy atom. The van der Waals surface area contributed by atoms with Crippen LogP contribution in [0, 0.1) is 11.3 Å². The van der Waals surface area contributed by atoms with Gasteiger partial charge in [-0.05, 0) is 35.9 Å². The summed E-state index contributed by atoms with van der Waals surface area (Å²) in [5.41, 5.74) is 3.10. The van der Waals surface area contributed by atoms with Gasteiger partial charge in [0.15, 0.2) is 0 Å². The van der Waals surface area contributed by atoms with E-state index >= 15 is 0 Å². The summed E-state index contributed by atoms with van der Waals surface area (Å²) in [6.07, 6.45) is 1.72. The predicted molar refractivity (Wildman–Crippen MR) is 114 cm³/mol. The van der Waals surface area contributed by atoms with Crippen molar-refractivity contribution in [1.82, 2.24) is 4.68 Å². The third kappa shape index (κ3) is 4.89. The molecule has 0 saturated carbocycles. The molecule has 28 heavy (non-hydrogen) atoms. The molecule has 0 fully saturated rings. The van der Waals surface area contributed by atoms with Crippen LogP contribution in [0.25, 0.3) is 11.3 Å². The van der Waals surface area contributed by atoms with Gasteiger partial charge >= 0.3 is 0 Å². The summed E-state index contributed by atoms with van der Waals surface area (Å²) in [6.45, 7) is 1.05. The maximum Gasteiger partial charge on any atom is 0.206 e. The zero-order valence-corrected chi connectivity index (χ0v) is 17.3. The lowest BCUT2D eigenvalue weighted by molar-refractivity contribution is 0.207. The van der Waals surface area contributed by atoms with Crippen molar-refractivity contribution in [1.29, 1.82) is 5.26 Å². The standard InChI is InChI=1S/C20H16Cl2N4OS/c1-27-9-8-24-20-26(25-12-15-4-2-14(11-23)3-5-15)19(13-28-20)17-7-6-16(21)10-18(17)22/h2-7,10,12-13H,8-9H2,1H3/b24-20?,25-12+. The molecule has 8 heteroatoms. The second kappa shape index (κ2) is 9.67. The Labute approximate surface area is 176 Å². The molecule has 3 aromatic rings. The van der Waals surface area contributed by atoms with E-state index in [0.29, 0.717) is 28.8 Å². The highest BCUT2D eigenvalue weighted by molar-refractivity contribution is 7.07. The van der Waals surface area contributed by atoms with Gasteiger partial charge in [0.2, 0.25) is 4.80 Å². The van der Waals surface area contributed by atoms with Crippen molar-refractivity contribution in [3.8, 4) is 17.3 Å². The number of halogens is 2. The number of thiazole rings is 1. The van der Waals surface area contributed by atoms with Gasteiger partial charge < -0.3 is 4.74 Å². The first-order chi connectivity index (χ1) is 13.6. The molecule has 1 aromatic heterocycles. The van der Waals surface area contributed by atoms with Crippen LogP contribution < -0.4 is 4.80 Å². The van der Waals surface area contributed by atoms with Crippen molar-refractivity contribution in [3.05, 3.63) is 73.8 Å². The lowest BCUT2D eigenvalue weighted by atomic mass is 10.2. The molecule has 2 aromatic carbocycles. The van der Waals surface area contributed by atoms with Crippen molar-refractivity contribution >= 4 is 40.8 Å². The van der Waals surface area contributed by atoms with E-state index in [-0.39, 0.29) is 0 Å². The van der Waals surface area contributed by atoms with Crippen LogP contribution in [-0.4, -0.2) is 31.2 Å². The van der Waals surface area contributed by atoms with Gasteiger partial charge in [-0.15, -0.1) is 11.3 Å². The zero-order valence-electron chi connectivity index (χ0n) is 15.0. The number of hydrogen-bond donors (Lipinski definition) is 0. The molecular formula is C20H16Cl2N4OS. The number of nitrogens with zero attached hydrogens (tertiary/aromatic N) is 4. The summed E-state index contributed by atoms with van der Waals surface area (Å²) in [6, 6.07) is 14.6. The van der Waals surface area contributed by atoms with Crippen molar-refractivity contribution in [2.24, 2.45) is 10.1 Å². The highest BCUT2D eigenvalue weighted by Gasteiger charge is 2.11. The van der Waals surface area contributed by atoms with Crippen LogP contribution in [0.1, 0.15) is 11.1 Å². The van der Waals surface area contributed by atoms with Crippen LogP contribution in [0.15, 0.2) is 57.9 Å². The number of hydrogen-bond acceptors (Lipinski definition) is 5. The van der Waals surface area contributed by atoms with E-state index in [4.69, 9.17) is 33.2 Å². The molecule has 0 radical (unpaired) electrons. The van der Waals surface area contributed by atoms with Crippen molar-refractivity contribution in [3.63, 3.8) is 0 Å². The summed E-state index contributed by atoms with van der Waals surface area (Å²) < 4.78 is 6.82. The topological polar surface area (TPSA) is 62.7 Å². The minimum atomic E-state index is 0.522. The van der Waals surface area contributed by atoms with Crippen LogP contribution >= 0.6 is 34.5 Å². The maximum absolute atomic E-state index is 8.92. The number of benzene rings is 2. The average molecular weight is 431 g/mol. The van der Waals surface area contributed by atoms with Gasteiger partial charge in [-0.3, -0.25) is 4.99 Å².